The number of para-hydroxylation sites is 1. The molecule has 22 heavy (non-hydrogen) atoms. The van der Waals surface area contributed by atoms with Gasteiger partial charge in [-0.3, -0.25) is 4.79 Å². The van der Waals surface area contributed by atoms with Crippen LogP contribution in [0.5, 0.6) is 5.75 Å². The van der Waals surface area contributed by atoms with Gasteiger partial charge in [0.15, 0.2) is 11.8 Å². The predicted molar refractivity (Wildman–Crippen MR) is 82.7 cm³/mol. The Kier molecular flexibility index (Phi) is 3.62. The Hall–Kier alpha value is -3.08. The summed E-state index contributed by atoms with van der Waals surface area (Å²) in [7, 11) is 1.59. The maximum atomic E-state index is 11.0. The molecule has 0 aliphatic heterocycles. The van der Waals surface area contributed by atoms with Crippen LogP contribution in [0.15, 0.2) is 59.6 Å². The second-order valence-corrected chi connectivity index (χ2v) is 4.72. The molecule has 2 aromatic carbocycles. The molecule has 110 valence electrons. The van der Waals surface area contributed by atoms with Crippen molar-refractivity contribution in [1.29, 1.82) is 0 Å². The number of aromatic nitrogens is 1. The van der Waals surface area contributed by atoms with E-state index in [1.165, 1.54) is 0 Å². The molecule has 1 heterocycles. The second kappa shape index (κ2) is 5.73. The van der Waals surface area contributed by atoms with E-state index in [2.05, 4.69) is 4.99 Å². The van der Waals surface area contributed by atoms with Gasteiger partial charge >= 0.3 is 0 Å². The first-order valence-electron chi connectivity index (χ1n) is 6.71. The highest BCUT2D eigenvalue weighted by Crippen LogP contribution is 2.19. The summed E-state index contributed by atoms with van der Waals surface area (Å²) in [5, 5.41) is 11.2. The number of methoxy groups -OCH3 is 1. The standard InChI is InChI=1S/C17H14N2O3/c1-22-14-7-8-16-12(10-14)6-9-17(19(16)21)18-15-5-3-2-4-13(15)11-20/h2-11,21H,1H3. The lowest BCUT2D eigenvalue weighted by Gasteiger charge is -2.07. The Morgan fingerprint density at radius 1 is 1.14 bits per heavy atom. The van der Waals surface area contributed by atoms with Crippen molar-refractivity contribution in [3.05, 3.63) is 65.6 Å². The number of nitrogens with zero attached hydrogens (tertiary/aromatic N) is 2. The molecule has 0 bridgehead atoms. The van der Waals surface area contributed by atoms with Crippen LogP contribution < -0.4 is 10.2 Å². The molecule has 0 fully saturated rings. The summed E-state index contributed by atoms with van der Waals surface area (Å²) in [5.41, 5.74) is 1.92. The lowest BCUT2D eigenvalue weighted by atomic mass is 10.2. The Balaban J connectivity index is 2.21. The number of rotatable bonds is 3. The van der Waals surface area contributed by atoms with Crippen molar-refractivity contribution in [2.75, 3.05) is 7.11 Å². The second-order valence-electron chi connectivity index (χ2n) is 4.72. The first kappa shape index (κ1) is 13.9. The molecule has 0 aliphatic carbocycles. The Morgan fingerprint density at radius 2 is 1.95 bits per heavy atom. The number of aldehydes is 1. The molecule has 0 atom stereocenters. The summed E-state index contributed by atoms with van der Waals surface area (Å²) in [6, 6.07) is 15.8. The van der Waals surface area contributed by atoms with Crippen LogP contribution in [0.4, 0.5) is 5.69 Å². The molecule has 1 aromatic heterocycles. The summed E-state index contributed by atoms with van der Waals surface area (Å²) in [5.74, 6) is 0.712. The van der Waals surface area contributed by atoms with Crippen molar-refractivity contribution in [2.24, 2.45) is 4.99 Å². The number of hydrogen-bond acceptors (Lipinski definition) is 4. The van der Waals surface area contributed by atoms with Crippen molar-refractivity contribution in [2.45, 2.75) is 0 Å². The maximum absolute atomic E-state index is 11.0. The first-order valence-corrected chi connectivity index (χ1v) is 6.71. The van der Waals surface area contributed by atoms with Crippen molar-refractivity contribution >= 4 is 22.9 Å². The Labute approximate surface area is 126 Å². The van der Waals surface area contributed by atoms with Gasteiger partial charge in [0.05, 0.1) is 18.3 Å². The zero-order valence-corrected chi connectivity index (χ0v) is 11.9. The summed E-state index contributed by atoms with van der Waals surface area (Å²) in [6.07, 6.45) is 0.743. The lowest BCUT2D eigenvalue weighted by molar-refractivity contribution is 0.112. The van der Waals surface area contributed by atoms with E-state index < -0.39 is 0 Å². The van der Waals surface area contributed by atoms with Gasteiger partial charge in [0.2, 0.25) is 0 Å². The molecule has 3 aromatic rings. The quantitative estimate of drug-likeness (QED) is 0.596. The monoisotopic (exact) mass is 294 g/mol. The molecule has 0 radical (unpaired) electrons. The molecule has 0 saturated carbocycles. The minimum absolute atomic E-state index is 0.340. The van der Waals surface area contributed by atoms with Crippen LogP contribution in [0.1, 0.15) is 10.4 Å². The van der Waals surface area contributed by atoms with E-state index in [-0.39, 0.29) is 0 Å². The van der Waals surface area contributed by atoms with Gasteiger partial charge in [0, 0.05) is 10.9 Å². The van der Waals surface area contributed by atoms with Crippen LogP contribution in [0.3, 0.4) is 0 Å². The fraction of sp³-hybridized carbons (Fsp3) is 0.0588. The highest BCUT2D eigenvalue weighted by atomic mass is 16.5. The van der Waals surface area contributed by atoms with Gasteiger partial charge in [0.1, 0.15) is 5.75 Å². The molecular formula is C17H14N2O3. The topological polar surface area (TPSA) is 63.8 Å². The molecular weight excluding hydrogens is 280 g/mol. The van der Waals surface area contributed by atoms with Crippen LogP contribution in [0.2, 0.25) is 0 Å². The third kappa shape index (κ3) is 2.44. The number of pyridine rings is 1. The van der Waals surface area contributed by atoms with E-state index in [4.69, 9.17) is 4.74 Å². The minimum atomic E-state index is 0.340. The molecule has 0 amide bonds. The smallest absolute Gasteiger partial charge is 0.169 e. The summed E-state index contributed by atoms with van der Waals surface area (Å²) < 4.78 is 6.16. The van der Waals surface area contributed by atoms with Gasteiger partial charge in [-0.25, -0.2) is 4.99 Å². The number of fused-ring (bicyclic) bond motifs is 1. The number of benzene rings is 2. The fourth-order valence-electron chi connectivity index (χ4n) is 2.24. The molecule has 5 heteroatoms. The van der Waals surface area contributed by atoms with E-state index >= 15 is 0 Å². The van der Waals surface area contributed by atoms with E-state index in [0.29, 0.717) is 28.0 Å². The van der Waals surface area contributed by atoms with E-state index in [1.807, 2.05) is 12.1 Å². The first-order chi connectivity index (χ1) is 10.7. The van der Waals surface area contributed by atoms with Crippen LogP contribution >= 0.6 is 0 Å². The average Bonchev–Trinajstić information content (AvgIpc) is 2.57. The molecule has 0 unspecified atom stereocenters. The highest BCUT2D eigenvalue weighted by Gasteiger charge is 2.03. The van der Waals surface area contributed by atoms with Gasteiger partial charge in [-0.15, -0.1) is 0 Å². The van der Waals surface area contributed by atoms with E-state index in [0.717, 1.165) is 16.4 Å². The molecule has 3 rings (SSSR count). The molecule has 1 N–H and O–H groups in total. The lowest BCUT2D eigenvalue weighted by Crippen LogP contribution is -2.18. The predicted octanol–water partition coefficient (Wildman–Crippen LogP) is 2.93. The average molecular weight is 294 g/mol. The normalized spacial score (nSPS) is 11.6. The zero-order valence-electron chi connectivity index (χ0n) is 11.9. The van der Waals surface area contributed by atoms with Gasteiger partial charge in [0.25, 0.3) is 0 Å². The SMILES string of the molecule is COc1ccc2c(ccc(=Nc3ccccc3C=O)n2O)c1. The summed E-state index contributed by atoms with van der Waals surface area (Å²) in [4.78, 5) is 15.4. The van der Waals surface area contributed by atoms with Crippen molar-refractivity contribution in [3.8, 4) is 5.75 Å². The number of carbonyl (C=O) groups is 1. The van der Waals surface area contributed by atoms with Gasteiger partial charge < -0.3 is 9.94 Å². The van der Waals surface area contributed by atoms with Crippen LogP contribution in [0, 0.1) is 0 Å². The van der Waals surface area contributed by atoms with E-state index in [1.54, 1.807) is 49.6 Å². The van der Waals surface area contributed by atoms with E-state index in [9.17, 15) is 10.0 Å². The van der Waals surface area contributed by atoms with Gasteiger partial charge in [-0.1, -0.05) is 12.1 Å². The zero-order chi connectivity index (χ0) is 15.5. The molecule has 5 nitrogen and oxygen atoms in total. The van der Waals surface area contributed by atoms with Crippen LogP contribution in [-0.2, 0) is 0 Å². The number of hydrogen-bond donors (Lipinski definition) is 1. The van der Waals surface area contributed by atoms with Gasteiger partial charge in [-0.2, -0.15) is 4.73 Å². The van der Waals surface area contributed by atoms with Gasteiger partial charge in [-0.05, 0) is 42.5 Å². The number of ether oxygens (including phenoxy) is 1. The van der Waals surface area contributed by atoms with Crippen LogP contribution in [0.25, 0.3) is 10.9 Å². The molecule has 0 spiro atoms. The largest absolute Gasteiger partial charge is 0.497 e. The number of carbonyl (C=O) groups excluding carboxylic acids is 1. The van der Waals surface area contributed by atoms with Crippen LogP contribution in [-0.4, -0.2) is 23.3 Å². The maximum Gasteiger partial charge on any atom is 0.169 e. The third-order valence-corrected chi connectivity index (χ3v) is 3.39. The molecule has 0 saturated heterocycles. The molecule has 0 aliphatic rings. The van der Waals surface area contributed by atoms with Crippen molar-refractivity contribution < 1.29 is 14.7 Å². The fourth-order valence-corrected chi connectivity index (χ4v) is 2.24. The summed E-state index contributed by atoms with van der Waals surface area (Å²) in [6.45, 7) is 0. The third-order valence-electron chi connectivity index (χ3n) is 3.39. The Morgan fingerprint density at radius 3 is 2.73 bits per heavy atom. The van der Waals surface area contributed by atoms with Crippen molar-refractivity contribution in [1.82, 2.24) is 4.73 Å². The van der Waals surface area contributed by atoms with Crippen molar-refractivity contribution in [3.63, 3.8) is 0 Å². The Bertz CT molecular complexity index is 913. The minimum Gasteiger partial charge on any atom is -0.497 e. The highest BCUT2D eigenvalue weighted by molar-refractivity contribution is 5.83. The summed E-state index contributed by atoms with van der Waals surface area (Å²) >= 11 is 0.